The zero-order valence-electron chi connectivity index (χ0n) is 9.94. The van der Waals surface area contributed by atoms with Gasteiger partial charge in [-0.2, -0.15) is 0 Å². The van der Waals surface area contributed by atoms with Gasteiger partial charge in [0.1, 0.15) is 5.82 Å². The number of hydrogen-bond acceptors (Lipinski definition) is 1. The van der Waals surface area contributed by atoms with Crippen molar-refractivity contribution in [1.29, 1.82) is 0 Å². The third-order valence-electron chi connectivity index (χ3n) is 2.45. The molecule has 0 fully saturated rings. The van der Waals surface area contributed by atoms with E-state index in [-0.39, 0.29) is 11.7 Å². The van der Waals surface area contributed by atoms with Crippen LogP contribution in [0.4, 0.5) is 10.1 Å². The van der Waals surface area contributed by atoms with E-state index in [4.69, 9.17) is 0 Å². The zero-order valence-corrected chi connectivity index (χ0v) is 11.5. The fraction of sp³-hybridized carbons (Fsp3) is 0. The van der Waals surface area contributed by atoms with Crippen LogP contribution < -0.4 is 5.32 Å². The summed E-state index contributed by atoms with van der Waals surface area (Å²) in [7, 11) is 0. The number of amides is 1. The molecular weight excluding hydrogens is 309 g/mol. The number of carbonyl (C=O) groups is 1. The number of benzene rings is 2. The normalized spacial score (nSPS) is 10.6. The van der Waals surface area contributed by atoms with Gasteiger partial charge in [-0.1, -0.05) is 30.3 Å². The third-order valence-corrected chi connectivity index (χ3v) is 3.14. The van der Waals surface area contributed by atoms with Gasteiger partial charge >= 0.3 is 0 Å². The van der Waals surface area contributed by atoms with Crippen LogP contribution in [0.5, 0.6) is 0 Å². The molecule has 0 aliphatic heterocycles. The van der Waals surface area contributed by atoms with Crippen LogP contribution in [0.2, 0.25) is 0 Å². The van der Waals surface area contributed by atoms with Gasteiger partial charge in [0.15, 0.2) is 0 Å². The molecule has 2 aromatic rings. The molecule has 1 amide bonds. The Morgan fingerprint density at radius 2 is 1.79 bits per heavy atom. The van der Waals surface area contributed by atoms with Crippen molar-refractivity contribution in [3.05, 3.63) is 70.5 Å². The Morgan fingerprint density at radius 1 is 1.11 bits per heavy atom. The highest BCUT2D eigenvalue weighted by Gasteiger charge is 2.02. The summed E-state index contributed by atoms with van der Waals surface area (Å²) in [6, 6.07) is 13.6. The maximum absolute atomic E-state index is 13.3. The van der Waals surface area contributed by atoms with Gasteiger partial charge in [-0.15, -0.1) is 0 Å². The van der Waals surface area contributed by atoms with E-state index < -0.39 is 0 Å². The van der Waals surface area contributed by atoms with Crippen LogP contribution >= 0.6 is 15.9 Å². The van der Waals surface area contributed by atoms with Crippen molar-refractivity contribution in [2.75, 3.05) is 5.32 Å². The molecule has 0 radical (unpaired) electrons. The van der Waals surface area contributed by atoms with E-state index in [1.54, 1.807) is 24.3 Å². The molecule has 0 spiro atoms. The smallest absolute Gasteiger partial charge is 0.248 e. The van der Waals surface area contributed by atoms with E-state index in [0.717, 1.165) is 4.47 Å². The van der Waals surface area contributed by atoms with Gasteiger partial charge in [-0.25, -0.2) is 4.39 Å². The van der Waals surface area contributed by atoms with E-state index in [2.05, 4.69) is 21.2 Å². The summed E-state index contributed by atoms with van der Waals surface area (Å²) in [5.41, 5.74) is 1.05. The molecule has 0 saturated carbocycles. The third kappa shape index (κ3) is 3.76. The van der Waals surface area contributed by atoms with Gasteiger partial charge in [0, 0.05) is 16.1 Å². The van der Waals surface area contributed by atoms with Crippen LogP contribution in [0.15, 0.2) is 59.1 Å². The Labute approximate surface area is 119 Å². The second-order valence-corrected chi connectivity index (χ2v) is 4.68. The highest BCUT2D eigenvalue weighted by Crippen LogP contribution is 2.21. The Bertz CT molecular complexity index is 625. The average Bonchev–Trinajstić information content (AvgIpc) is 2.40. The summed E-state index contributed by atoms with van der Waals surface area (Å²) in [4.78, 5) is 11.7. The molecule has 0 aliphatic carbocycles. The van der Waals surface area contributed by atoms with Crippen LogP contribution in [0.3, 0.4) is 0 Å². The van der Waals surface area contributed by atoms with Gasteiger partial charge in [-0.3, -0.25) is 4.79 Å². The number of halogens is 2. The monoisotopic (exact) mass is 319 g/mol. The molecule has 2 nitrogen and oxygen atoms in total. The van der Waals surface area contributed by atoms with Crippen molar-refractivity contribution in [3.63, 3.8) is 0 Å². The molecule has 0 unspecified atom stereocenters. The number of anilines is 1. The molecule has 0 heterocycles. The summed E-state index contributed by atoms with van der Waals surface area (Å²) in [5.74, 6) is -0.664. The second kappa shape index (κ2) is 6.29. The molecule has 0 saturated heterocycles. The zero-order chi connectivity index (χ0) is 13.7. The average molecular weight is 320 g/mol. The second-order valence-electron chi connectivity index (χ2n) is 3.82. The van der Waals surface area contributed by atoms with E-state index >= 15 is 0 Å². The lowest BCUT2D eigenvalue weighted by atomic mass is 10.2. The van der Waals surface area contributed by atoms with Crippen LogP contribution in [-0.2, 0) is 4.79 Å². The number of nitrogens with one attached hydrogen (secondary N) is 1. The van der Waals surface area contributed by atoms with Gasteiger partial charge in [0.05, 0.1) is 5.69 Å². The molecular formula is C15H11BrFNO. The summed E-state index contributed by atoms with van der Waals surface area (Å²) in [6.45, 7) is 0. The lowest BCUT2D eigenvalue weighted by molar-refractivity contribution is -0.111. The first-order valence-electron chi connectivity index (χ1n) is 5.65. The SMILES string of the molecule is O=C(/C=C/c1ccccc1F)Nc1ccccc1Br. The summed E-state index contributed by atoms with van der Waals surface area (Å²) < 4.78 is 14.1. The number of rotatable bonds is 3. The Morgan fingerprint density at radius 3 is 2.53 bits per heavy atom. The molecule has 19 heavy (non-hydrogen) atoms. The van der Waals surface area contributed by atoms with Crippen molar-refractivity contribution in [2.45, 2.75) is 0 Å². The molecule has 1 N–H and O–H groups in total. The molecule has 2 aromatic carbocycles. The summed E-state index contributed by atoms with van der Waals surface area (Å²) in [5, 5.41) is 2.70. The lowest BCUT2D eigenvalue weighted by Gasteiger charge is -2.04. The van der Waals surface area contributed by atoms with E-state index in [9.17, 15) is 9.18 Å². The maximum Gasteiger partial charge on any atom is 0.248 e. The largest absolute Gasteiger partial charge is 0.321 e. The van der Waals surface area contributed by atoms with Crippen molar-refractivity contribution >= 4 is 33.6 Å². The Balaban J connectivity index is 2.06. The molecule has 0 atom stereocenters. The molecule has 96 valence electrons. The van der Waals surface area contributed by atoms with Crippen LogP contribution in [0.25, 0.3) is 6.08 Å². The van der Waals surface area contributed by atoms with E-state index in [1.165, 1.54) is 18.2 Å². The topological polar surface area (TPSA) is 29.1 Å². The minimum atomic E-state index is -0.354. The molecule has 2 rings (SSSR count). The van der Waals surface area contributed by atoms with Gasteiger partial charge in [0.25, 0.3) is 0 Å². The van der Waals surface area contributed by atoms with Gasteiger partial charge in [0.2, 0.25) is 5.91 Å². The van der Waals surface area contributed by atoms with Crippen molar-refractivity contribution in [3.8, 4) is 0 Å². The van der Waals surface area contributed by atoms with Gasteiger partial charge in [-0.05, 0) is 40.2 Å². The highest BCUT2D eigenvalue weighted by molar-refractivity contribution is 9.10. The standard InChI is InChI=1S/C15H11BrFNO/c16-12-6-2-4-8-14(12)18-15(19)10-9-11-5-1-3-7-13(11)17/h1-10H,(H,18,19)/b10-9+. The molecule has 0 aromatic heterocycles. The number of hydrogen-bond donors (Lipinski definition) is 1. The van der Waals surface area contributed by atoms with Crippen LogP contribution in [0.1, 0.15) is 5.56 Å². The minimum Gasteiger partial charge on any atom is -0.321 e. The fourth-order valence-electron chi connectivity index (χ4n) is 1.51. The highest BCUT2D eigenvalue weighted by atomic mass is 79.9. The Hall–Kier alpha value is -1.94. The van der Waals surface area contributed by atoms with E-state index in [1.807, 2.05) is 18.2 Å². The molecule has 4 heteroatoms. The van der Waals surface area contributed by atoms with E-state index in [0.29, 0.717) is 11.3 Å². The quantitative estimate of drug-likeness (QED) is 0.842. The number of carbonyl (C=O) groups excluding carboxylic acids is 1. The van der Waals surface area contributed by atoms with Gasteiger partial charge < -0.3 is 5.32 Å². The first kappa shape index (κ1) is 13.5. The van der Waals surface area contributed by atoms with Crippen LogP contribution in [-0.4, -0.2) is 5.91 Å². The molecule has 0 aliphatic rings. The lowest BCUT2D eigenvalue weighted by Crippen LogP contribution is -2.08. The van der Waals surface area contributed by atoms with Crippen molar-refractivity contribution < 1.29 is 9.18 Å². The predicted molar refractivity (Wildman–Crippen MR) is 78.2 cm³/mol. The first-order chi connectivity index (χ1) is 9.16. The minimum absolute atomic E-state index is 0.310. The van der Waals surface area contributed by atoms with Crippen LogP contribution in [0, 0.1) is 5.82 Å². The summed E-state index contributed by atoms with van der Waals surface area (Å²) in [6.07, 6.45) is 2.75. The fourth-order valence-corrected chi connectivity index (χ4v) is 1.90. The summed E-state index contributed by atoms with van der Waals surface area (Å²) >= 11 is 3.33. The first-order valence-corrected chi connectivity index (χ1v) is 6.44. The predicted octanol–water partition coefficient (Wildman–Crippen LogP) is 4.24. The van der Waals surface area contributed by atoms with Crippen molar-refractivity contribution in [2.24, 2.45) is 0 Å². The molecule has 0 bridgehead atoms. The maximum atomic E-state index is 13.3. The Kier molecular flexibility index (Phi) is 4.47. The van der Waals surface area contributed by atoms with Crippen molar-refractivity contribution in [1.82, 2.24) is 0 Å². The number of para-hydroxylation sites is 1.